The van der Waals surface area contributed by atoms with Crippen LogP contribution < -0.4 is 5.32 Å². The van der Waals surface area contributed by atoms with E-state index in [9.17, 15) is 0 Å². The first-order chi connectivity index (χ1) is 7.33. The number of rotatable bonds is 8. The van der Waals surface area contributed by atoms with Gasteiger partial charge in [-0.15, -0.1) is 0 Å². The summed E-state index contributed by atoms with van der Waals surface area (Å²) in [4.78, 5) is 2.60. The molecule has 1 N–H and O–H groups in total. The van der Waals surface area contributed by atoms with Crippen LogP contribution in [0.2, 0.25) is 0 Å². The number of nitrogens with zero attached hydrogens (tertiary/aromatic N) is 1. The Labute approximate surface area is 99.2 Å². The Bertz CT molecular complexity index is 147. The maximum Gasteiger partial charge on any atom is 0.00580 e. The minimum atomic E-state index is 0.801. The van der Waals surface area contributed by atoms with E-state index in [1.807, 2.05) is 11.8 Å². The molecule has 0 aliphatic carbocycles. The minimum absolute atomic E-state index is 0.801. The van der Waals surface area contributed by atoms with E-state index in [1.54, 1.807) is 0 Å². The topological polar surface area (TPSA) is 15.3 Å². The van der Waals surface area contributed by atoms with Gasteiger partial charge in [0.1, 0.15) is 0 Å². The van der Waals surface area contributed by atoms with Crippen molar-refractivity contribution in [1.29, 1.82) is 0 Å². The summed E-state index contributed by atoms with van der Waals surface area (Å²) in [6, 6.07) is 0. The largest absolute Gasteiger partial charge is 0.316 e. The molecule has 1 aliphatic heterocycles. The molecule has 0 spiro atoms. The van der Waals surface area contributed by atoms with E-state index < -0.39 is 0 Å². The first-order valence-corrected chi connectivity index (χ1v) is 7.49. The van der Waals surface area contributed by atoms with E-state index >= 15 is 0 Å². The summed E-state index contributed by atoms with van der Waals surface area (Å²) >= 11 is 2.02. The smallest absolute Gasteiger partial charge is 0.00580 e. The molecule has 15 heavy (non-hydrogen) atoms. The second kappa shape index (κ2) is 8.43. The second-order valence-electron chi connectivity index (χ2n) is 4.51. The van der Waals surface area contributed by atoms with Crippen molar-refractivity contribution in [2.75, 3.05) is 44.2 Å². The van der Waals surface area contributed by atoms with Gasteiger partial charge in [-0.2, -0.15) is 11.8 Å². The van der Waals surface area contributed by atoms with Crippen molar-refractivity contribution in [3.05, 3.63) is 0 Å². The zero-order valence-electron chi connectivity index (χ0n) is 10.3. The molecule has 1 saturated heterocycles. The quantitative estimate of drug-likeness (QED) is 0.643. The van der Waals surface area contributed by atoms with Gasteiger partial charge >= 0.3 is 0 Å². The van der Waals surface area contributed by atoms with Gasteiger partial charge in [0.05, 0.1) is 0 Å². The maximum absolute atomic E-state index is 3.55. The summed E-state index contributed by atoms with van der Waals surface area (Å²) in [5, 5.41) is 3.55. The second-order valence-corrected chi connectivity index (χ2v) is 5.91. The molecule has 1 rings (SSSR count). The van der Waals surface area contributed by atoms with E-state index in [4.69, 9.17) is 0 Å². The van der Waals surface area contributed by atoms with Crippen molar-refractivity contribution in [2.24, 2.45) is 5.92 Å². The van der Waals surface area contributed by atoms with E-state index in [0.717, 1.165) is 5.92 Å². The molecule has 90 valence electrons. The Morgan fingerprint density at radius 2 is 2.07 bits per heavy atom. The van der Waals surface area contributed by atoms with Crippen LogP contribution in [0.4, 0.5) is 0 Å². The van der Waals surface area contributed by atoms with Crippen molar-refractivity contribution in [2.45, 2.75) is 26.7 Å². The lowest BCUT2D eigenvalue weighted by Crippen LogP contribution is -2.32. The predicted molar refractivity (Wildman–Crippen MR) is 70.7 cm³/mol. The van der Waals surface area contributed by atoms with E-state index in [-0.39, 0.29) is 0 Å². The molecule has 0 aromatic rings. The van der Waals surface area contributed by atoms with Crippen molar-refractivity contribution in [3.63, 3.8) is 0 Å². The summed E-state index contributed by atoms with van der Waals surface area (Å²) < 4.78 is 0. The Balaban J connectivity index is 1.91. The number of nitrogens with one attached hydrogen (secondary N) is 1. The lowest BCUT2D eigenvalue weighted by molar-refractivity contribution is 0.284. The fourth-order valence-electron chi connectivity index (χ4n) is 2.11. The molecule has 0 amide bonds. The fourth-order valence-corrected chi connectivity index (χ4v) is 2.69. The number of hydrogen-bond acceptors (Lipinski definition) is 3. The molecule has 1 atom stereocenters. The molecule has 0 radical (unpaired) electrons. The Morgan fingerprint density at radius 3 is 2.73 bits per heavy atom. The zero-order chi connectivity index (χ0) is 10.9. The van der Waals surface area contributed by atoms with Crippen LogP contribution in [-0.4, -0.2) is 49.1 Å². The summed E-state index contributed by atoms with van der Waals surface area (Å²) in [5.41, 5.74) is 0. The fraction of sp³-hybridized carbons (Fsp3) is 1.00. The van der Waals surface area contributed by atoms with Gasteiger partial charge in [-0.1, -0.05) is 13.8 Å². The third-order valence-electron chi connectivity index (χ3n) is 2.89. The first kappa shape index (κ1) is 13.3. The Hall–Kier alpha value is 0.270. The Kier molecular flexibility index (Phi) is 7.49. The molecule has 3 heteroatoms. The van der Waals surface area contributed by atoms with Crippen LogP contribution in [0.25, 0.3) is 0 Å². The van der Waals surface area contributed by atoms with E-state index in [2.05, 4.69) is 24.1 Å². The van der Waals surface area contributed by atoms with Crippen molar-refractivity contribution < 1.29 is 0 Å². The minimum Gasteiger partial charge on any atom is -0.316 e. The molecule has 0 aromatic heterocycles. The first-order valence-electron chi connectivity index (χ1n) is 6.33. The molecular formula is C12H26N2S. The molecule has 1 heterocycles. The average Bonchev–Trinajstić information content (AvgIpc) is 2.70. The van der Waals surface area contributed by atoms with E-state index in [1.165, 1.54) is 57.1 Å². The average molecular weight is 230 g/mol. The molecule has 2 nitrogen and oxygen atoms in total. The van der Waals surface area contributed by atoms with Gasteiger partial charge in [-0.25, -0.2) is 0 Å². The van der Waals surface area contributed by atoms with Crippen LogP contribution in [0.3, 0.4) is 0 Å². The molecule has 1 fully saturated rings. The van der Waals surface area contributed by atoms with Crippen molar-refractivity contribution in [1.82, 2.24) is 10.2 Å². The molecule has 0 bridgehead atoms. The highest BCUT2D eigenvalue weighted by Crippen LogP contribution is 2.09. The summed E-state index contributed by atoms with van der Waals surface area (Å²) in [6.45, 7) is 10.9. The van der Waals surface area contributed by atoms with Crippen LogP contribution in [0.1, 0.15) is 26.7 Å². The van der Waals surface area contributed by atoms with Gasteiger partial charge in [0.2, 0.25) is 0 Å². The highest BCUT2D eigenvalue weighted by molar-refractivity contribution is 7.99. The molecule has 0 saturated carbocycles. The van der Waals surface area contributed by atoms with Gasteiger partial charge in [0.15, 0.2) is 0 Å². The lowest BCUT2D eigenvalue weighted by Gasteiger charge is -2.20. The molecule has 1 unspecified atom stereocenters. The van der Waals surface area contributed by atoms with Gasteiger partial charge in [-0.3, -0.25) is 0 Å². The summed E-state index contributed by atoms with van der Waals surface area (Å²) in [6.07, 6.45) is 2.82. The zero-order valence-corrected chi connectivity index (χ0v) is 11.1. The maximum atomic E-state index is 3.55. The normalized spacial score (nSPS) is 19.6. The van der Waals surface area contributed by atoms with Crippen LogP contribution >= 0.6 is 11.8 Å². The SMILES string of the molecule is CCSCCNCC(C)CN1CCCC1. The van der Waals surface area contributed by atoms with Crippen LogP contribution in [0.15, 0.2) is 0 Å². The monoisotopic (exact) mass is 230 g/mol. The predicted octanol–water partition coefficient (Wildman–Crippen LogP) is 2.06. The third kappa shape index (κ3) is 6.44. The summed E-state index contributed by atoms with van der Waals surface area (Å²) in [7, 11) is 0. The Morgan fingerprint density at radius 1 is 1.33 bits per heavy atom. The van der Waals surface area contributed by atoms with Crippen molar-refractivity contribution >= 4 is 11.8 Å². The molecule has 1 aliphatic rings. The standard InChI is InChI=1S/C12H26N2S/c1-3-15-9-6-13-10-12(2)11-14-7-4-5-8-14/h12-13H,3-11H2,1-2H3. The van der Waals surface area contributed by atoms with Crippen LogP contribution in [0, 0.1) is 5.92 Å². The van der Waals surface area contributed by atoms with E-state index in [0.29, 0.717) is 0 Å². The molecular weight excluding hydrogens is 204 g/mol. The number of hydrogen-bond donors (Lipinski definition) is 1. The van der Waals surface area contributed by atoms with Crippen LogP contribution in [0.5, 0.6) is 0 Å². The third-order valence-corrected chi connectivity index (χ3v) is 3.79. The number of likely N-dealkylation sites (tertiary alicyclic amines) is 1. The van der Waals surface area contributed by atoms with Gasteiger partial charge in [0.25, 0.3) is 0 Å². The summed E-state index contributed by atoms with van der Waals surface area (Å²) in [5.74, 6) is 3.30. The van der Waals surface area contributed by atoms with Gasteiger partial charge < -0.3 is 10.2 Å². The number of thioether (sulfide) groups is 1. The van der Waals surface area contributed by atoms with Gasteiger partial charge in [0, 0.05) is 18.8 Å². The highest BCUT2D eigenvalue weighted by Gasteiger charge is 2.13. The van der Waals surface area contributed by atoms with Crippen LogP contribution in [-0.2, 0) is 0 Å². The highest BCUT2D eigenvalue weighted by atomic mass is 32.2. The molecule has 0 aromatic carbocycles. The van der Waals surface area contributed by atoms with Gasteiger partial charge in [-0.05, 0) is 44.1 Å². The lowest BCUT2D eigenvalue weighted by atomic mass is 10.1. The van der Waals surface area contributed by atoms with Crippen molar-refractivity contribution in [3.8, 4) is 0 Å².